The molecule has 0 N–H and O–H groups in total. The second-order valence-corrected chi connectivity index (χ2v) is 3.44. The average Bonchev–Trinajstić information content (AvgIpc) is 2.86. The topological polar surface area (TPSA) is 67.4 Å². The number of aryl methyl sites for hydroxylation is 1. The zero-order chi connectivity index (χ0) is 9.97. The van der Waals surface area contributed by atoms with Gasteiger partial charge in [-0.05, 0) is 6.42 Å². The second kappa shape index (κ2) is 3.55. The van der Waals surface area contributed by atoms with E-state index in [4.69, 9.17) is 5.26 Å². The van der Waals surface area contributed by atoms with Crippen LogP contribution in [0.1, 0.15) is 18.4 Å². The van der Waals surface area contributed by atoms with Crippen LogP contribution in [-0.2, 0) is 6.42 Å². The lowest BCUT2D eigenvalue weighted by atomic mass is 10.4. The summed E-state index contributed by atoms with van der Waals surface area (Å²) in [5.41, 5.74) is 1.03. The number of aromatic nitrogens is 4. The van der Waals surface area contributed by atoms with E-state index >= 15 is 0 Å². The maximum absolute atomic E-state index is 8.54. The molecule has 14 heavy (non-hydrogen) atoms. The first-order chi connectivity index (χ1) is 6.83. The van der Waals surface area contributed by atoms with Crippen molar-refractivity contribution in [2.75, 3.05) is 0 Å². The minimum atomic E-state index is 0.165. The molecule has 0 bridgehead atoms. The molecule has 2 aromatic rings. The van der Waals surface area contributed by atoms with Crippen molar-refractivity contribution in [1.29, 1.82) is 5.26 Å². The Balaban J connectivity index is 2.35. The zero-order valence-electron chi connectivity index (χ0n) is 7.51. The third-order valence-corrected chi connectivity index (χ3v) is 2.57. The fraction of sp³-hybridized carbons (Fsp3) is 0.250. The Kier molecular flexibility index (Phi) is 2.24. The molecule has 0 unspecified atom stereocenters. The predicted octanol–water partition coefficient (Wildman–Crippen LogP) is 1.16. The summed E-state index contributed by atoms with van der Waals surface area (Å²) in [4.78, 5) is 8.12. The van der Waals surface area contributed by atoms with Gasteiger partial charge in [-0.1, -0.05) is 6.92 Å². The Hall–Kier alpha value is -1.74. The van der Waals surface area contributed by atoms with Gasteiger partial charge in [0.05, 0.1) is 5.69 Å². The highest BCUT2D eigenvalue weighted by molar-refractivity contribution is 7.12. The van der Waals surface area contributed by atoms with Crippen LogP contribution in [0, 0.1) is 11.3 Å². The van der Waals surface area contributed by atoms with Crippen LogP contribution in [0.4, 0.5) is 0 Å². The predicted molar refractivity (Wildman–Crippen MR) is 51.1 cm³/mol. The fourth-order valence-corrected chi connectivity index (χ4v) is 1.80. The van der Waals surface area contributed by atoms with E-state index in [1.54, 1.807) is 0 Å². The van der Waals surface area contributed by atoms with Gasteiger partial charge in [0, 0.05) is 5.38 Å². The Morgan fingerprint density at radius 1 is 1.64 bits per heavy atom. The third-order valence-electron chi connectivity index (χ3n) is 1.69. The number of nitrogens with zero attached hydrogens (tertiary/aromatic N) is 5. The van der Waals surface area contributed by atoms with Gasteiger partial charge >= 0.3 is 0 Å². The van der Waals surface area contributed by atoms with Gasteiger partial charge in [0.25, 0.3) is 5.82 Å². The molecule has 70 valence electrons. The summed E-state index contributed by atoms with van der Waals surface area (Å²) < 4.78 is 1.52. The number of thiazole rings is 1. The Morgan fingerprint density at radius 3 is 3.07 bits per heavy atom. The summed E-state index contributed by atoms with van der Waals surface area (Å²) >= 11 is 1.49. The van der Waals surface area contributed by atoms with Crippen LogP contribution in [0.5, 0.6) is 0 Å². The summed E-state index contributed by atoms with van der Waals surface area (Å²) in [5.74, 6) is 0.165. The van der Waals surface area contributed by atoms with Crippen molar-refractivity contribution < 1.29 is 0 Å². The summed E-state index contributed by atoms with van der Waals surface area (Å²) in [7, 11) is 0. The minimum absolute atomic E-state index is 0.165. The van der Waals surface area contributed by atoms with Gasteiger partial charge in [0.15, 0.2) is 0 Å². The van der Waals surface area contributed by atoms with Gasteiger partial charge in [0.1, 0.15) is 12.4 Å². The van der Waals surface area contributed by atoms with E-state index in [1.807, 2.05) is 18.4 Å². The zero-order valence-corrected chi connectivity index (χ0v) is 8.32. The molecule has 0 spiro atoms. The van der Waals surface area contributed by atoms with Gasteiger partial charge in [-0.2, -0.15) is 9.94 Å². The minimum Gasteiger partial charge on any atom is -0.223 e. The summed E-state index contributed by atoms with van der Waals surface area (Å²) in [6.45, 7) is 2.04. The third kappa shape index (κ3) is 1.49. The fourth-order valence-electron chi connectivity index (χ4n) is 0.970. The van der Waals surface area contributed by atoms with E-state index in [9.17, 15) is 0 Å². The van der Waals surface area contributed by atoms with Crippen molar-refractivity contribution in [3.63, 3.8) is 0 Å². The molecule has 0 aliphatic rings. The summed E-state index contributed by atoms with van der Waals surface area (Å²) in [5, 5.41) is 15.2. The van der Waals surface area contributed by atoms with Crippen molar-refractivity contribution in [2.45, 2.75) is 13.3 Å². The molecular formula is C8H7N5S. The summed E-state index contributed by atoms with van der Waals surface area (Å²) in [6, 6.07) is 1.87. The van der Waals surface area contributed by atoms with E-state index in [0.29, 0.717) is 0 Å². The maximum atomic E-state index is 8.54. The first-order valence-corrected chi connectivity index (χ1v) is 4.98. The van der Waals surface area contributed by atoms with Gasteiger partial charge in [-0.15, -0.1) is 16.4 Å². The molecule has 0 aliphatic heterocycles. The van der Waals surface area contributed by atoms with Crippen LogP contribution >= 0.6 is 11.3 Å². The first kappa shape index (κ1) is 8.84. The SMILES string of the molecule is CCc1csc(-n2cnc(C#N)n2)n1. The first-order valence-electron chi connectivity index (χ1n) is 4.10. The van der Waals surface area contributed by atoms with Gasteiger partial charge in [-0.3, -0.25) is 0 Å². The van der Waals surface area contributed by atoms with E-state index in [2.05, 4.69) is 15.1 Å². The molecule has 2 rings (SSSR count). The van der Waals surface area contributed by atoms with Crippen LogP contribution < -0.4 is 0 Å². The van der Waals surface area contributed by atoms with Gasteiger partial charge < -0.3 is 0 Å². The maximum Gasteiger partial charge on any atom is 0.252 e. The number of nitriles is 1. The van der Waals surface area contributed by atoms with Crippen molar-refractivity contribution in [2.24, 2.45) is 0 Å². The van der Waals surface area contributed by atoms with E-state index < -0.39 is 0 Å². The van der Waals surface area contributed by atoms with E-state index in [0.717, 1.165) is 17.2 Å². The lowest BCUT2D eigenvalue weighted by molar-refractivity contribution is 0.852. The second-order valence-electron chi connectivity index (χ2n) is 2.60. The van der Waals surface area contributed by atoms with Crippen LogP contribution in [0.2, 0.25) is 0 Å². The highest BCUT2D eigenvalue weighted by Crippen LogP contribution is 2.13. The summed E-state index contributed by atoms with van der Waals surface area (Å²) in [6.07, 6.45) is 2.40. The highest BCUT2D eigenvalue weighted by atomic mass is 32.1. The molecule has 0 saturated carbocycles. The van der Waals surface area contributed by atoms with Crippen LogP contribution in [0.3, 0.4) is 0 Å². The standard InChI is InChI=1S/C8H7N5S/c1-2-6-4-14-8(11-6)13-5-10-7(3-9)12-13/h4-5H,2H2,1H3. The Bertz CT molecular complexity index is 478. The number of hydrogen-bond acceptors (Lipinski definition) is 5. The van der Waals surface area contributed by atoms with Crippen molar-refractivity contribution in [3.05, 3.63) is 23.2 Å². The van der Waals surface area contributed by atoms with E-state index in [-0.39, 0.29) is 5.82 Å². The monoisotopic (exact) mass is 205 g/mol. The van der Waals surface area contributed by atoms with Crippen LogP contribution in [0.25, 0.3) is 5.13 Å². The molecule has 2 aromatic heterocycles. The lowest BCUT2D eigenvalue weighted by Crippen LogP contribution is -1.94. The molecule has 0 atom stereocenters. The van der Waals surface area contributed by atoms with Crippen molar-refractivity contribution in [3.8, 4) is 11.2 Å². The molecule has 0 saturated heterocycles. The highest BCUT2D eigenvalue weighted by Gasteiger charge is 2.05. The van der Waals surface area contributed by atoms with Gasteiger partial charge in [0.2, 0.25) is 5.13 Å². The van der Waals surface area contributed by atoms with Crippen LogP contribution in [0.15, 0.2) is 11.7 Å². The molecule has 0 fully saturated rings. The quantitative estimate of drug-likeness (QED) is 0.737. The molecular weight excluding hydrogens is 198 g/mol. The van der Waals surface area contributed by atoms with E-state index in [1.165, 1.54) is 22.3 Å². The smallest absolute Gasteiger partial charge is 0.223 e. The molecule has 0 amide bonds. The normalized spacial score (nSPS) is 10.0. The molecule has 0 aromatic carbocycles. The van der Waals surface area contributed by atoms with Crippen molar-refractivity contribution in [1.82, 2.24) is 19.7 Å². The molecule has 0 radical (unpaired) electrons. The molecule has 5 nitrogen and oxygen atoms in total. The molecule has 0 aliphatic carbocycles. The largest absolute Gasteiger partial charge is 0.252 e. The van der Waals surface area contributed by atoms with Crippen LogP contribution in [-0.4, -0.2) is 19.7 Å². The average molecular weight is 205 g/mol. The number of hydrogen-bond donors (Lipinski definition) is 0. The lowest BCUT2D eigenvalue weighted by Gasteiger charge is -1.90. The van der Waals surface area contributed by atoms with Crippen molar-refractivity contribution >= 4 is 11.3 Å². The molecule has 6 heteroatoms. The van der Waals surface area contributed by atoms with Gasteiger partial charge in [-0.25, -0.2) is 9.97 Å². The Labute approximate surface area is 84.7 Å². The number of rotatable bonds is 2. The Morgan fingerprint density at radius 2 is 2.50 bits per heavy atom. The molecule has 2 heterocycles.